The number of hydrogen-bond acceptors (Lipinski definition) is 4. The predicted molar refractivity (Wildman–Crippen MR) is 37.6 cm³/mol. The predicted octanol–water partition coefficient (Wildman–Crippen LogP) is 0.0748. The minimum Gasteiger partial charge on any atom is -0.505 e. The van der Waals surface area contributed by atoms with E-state index in [2.05, 4.69) is 17.6 Å². The molecular formula is C5H5NO3S. The number of aromatic hydroxyl groups is 2. The molecule has 0 radical (unpaired) electrons. The van der Waals surface area contributed by atoms with Crippen LogP contribution in [0.25, 0.3) is 0 Å². The van der Waals surface area contributed by atoms with Gasteiger partial charge in [-0.1, -0.05) is 0 Å². The third-order valence-electron chi connectivity index (χ3n) is 0.981. The Balaban J connectivity index is 3.43. The second kappa shape index (κ2) is 2.26. The monoisotopic (exact) mass is 159 g/mol. The number of nitrogens with one attached hydrogen (secondary N) is 1. The molecule has 0 saturated heterocycles. The van der Waals surface area contributed by atoms with Crippen LogP contribution in [0.5, 0.6) is 11.5 Å². The van der Waals surface area contributed by atoms with Crippen molar-refractivity contribution in [1.82, 2.24) is 4.98 Å². The molecule has 0 amide bonds. The number of hydrogen-bond donors (Lipinski definition) is 4. The number of aromatic amines is 1. The average molecular weight is 159 g/mol. The first-order valence-corrected chi connectivity index (χ1v) is 2.90. The van der Waals surface area contributed by atoms with Crippen molar-refractivity contribution in [2.45, 2.75) is 5.03 Å². The summed E-state index contributed by atoms with van der Waals surface area (Å²) in [6, 6.07) is 0.932. The molecular weight excluding hydrogens is 154 g/mol. The summed E-state index contributed by atoms with van der Waals surface area (Å²) in [5.74, 6) is -0.768. The van der Waals surface area contributed by atoms with Gasteiger partial charge < -0.3 is 15.2 Å². The van der Waals surface area contributed by atoms with Crippen LogP contribution in [0, 0.1) is 0 Å². The third kappa shape index (κ3) is 1.08. The normalized spacial score (nSPS) is 9.70. The van der Waals surface area contributed by atoms with Gasteiger partial charge in [0.15, 0.2) is 5.75 Å². The molecule has 0 unspecified atom stereocenters. The molecule has 4 nitrogen and oxygen atoms in total. The molecule has 1 aromatic heterocycles. The Morgan fingerprint density at radius 1 is 1.40 bits per heavy atom. The highest BCUT2D eigenvalue weighted by Crippen LogP contribution is 2.18. The summed E-state index contributed by atoms with van der Waals surface area (Å²) in [6.07, 6.45) is 0. The van der Waals surface area contributed by atoms with E-state index < -0.39 is 11.3 Å². The second-order valence-corrected chi connectivity index (χ2v) is 2.16. The maximum absolute atomic E-state index is 10.5. The number of aromatic nitrogens is 1. The molecule has 10 heavy (non-hydrogen) atoms. The van der Waals surface area contributed by atoms with Crippen molar-refractivity contribution < 1.29 is 10.2 Å². The highest BCUT2D eigenvalue weighted by atomic mass is 32.1. The number of thiol groups is 1. The van der Waals surface area contributed by atoms with E-state index in [4.69, 9.17) is 10.2 Å². The molecule has 0 spiro atoms. The lowest BCUT2D eigenvalue weighted by Gasteiger charge is -1.95. The lowest BCUT2D eigenvalue weighted by molar-refractivity contribution is 0.430. The van der Waals surface area contributed by atoms with Crippen LogP contribution in [0.4, 0.5) is 0 Å². The quantitative estimate of drug-likeness (QED) is 0.405. The van der Waals surface area contributed by atoms with E-state index in [1.54, 1.807) is 0 Å². The molecule has 0 aliphatic rings. The van der Waals surface area contributed by atoms with E-state index in [1.165, 1.54) is 0 Å². The first-order chi connectivity index (χ1) is 4.61. The fourth-order valence-corrected chi connectivity index (χ4v) is 0.665. The highest BCUT2D eigenvalue weighted by molar-refractivity contribution is 7.80. The molecule has 0 fully saturated rings. The summed E-state index contributed by atoms with van der Waals surface area (Å²) < 4.78 is 0. The molecule has 0 saturated carbocycles. The standard InChI is InChI=1S/C5H5NO3S/c7-2-1-3(8)5(10)6-4(2)9/h1,7-8H,(H2,6,9,10). The molecule has 1 rings (SSSR count). The fraction of sp³-hybridized carbons (Fsp3) is 0. The van der Waals surface area contributed by atoms with E-state index in [1.807, 2.05) is 0 Å². The van der Waals surface area contributed by atoms with Gasteiger partial charge in [-0.15, -0.1) is 12.6 Å². The molecule has 5 heteroatoms. The van der Waals surface area contributed by atoms with Gasteiger partial charge in [-0.2, -0.15) is 0 Å². The Labute approximate surface area is 61.6 Å². The van der Waals surface area contributed by atoms with Crippen molar-refractivity contribution in [1.29, 1.82) is 0 Å². The molecule has 1 heterocycles. The minimum absolute atomic E-state index is 0.0443. The van der Waals surface area contributed by atoms with Crippen molar-refractivity contribution in [3.05, 3.63) is 16.4 Å². The highest BCUT2D eigenvalue weighted by Gasteiger charge is 2.01. The van der Waals surface area contributed by atoms with Crippen molar-refractivity contribution in [3.63, 3.8) is 0 Å². The van der Waals surface area contributed by atoms with Gasteiger partial charge in [0.1, 0.15) is 10.8 Å². The Bertz CT molecular complexity index is 306. The maximum atomic E-state index is 10.5. The molecule has 0 bridgehead atoms. The maximum Gasteiger partial charge on any atom is 0.291 e. The van der Waals surface area contributed by atoms with Gasteiger partial charge in [-0.25, -0.2) is 0 Å². The largest absolute Gasteiger partial charge is 0.505 e. The summed E-state index contributed by atoms with van der Waals surface area (Å²) in [6.45, 7) is 0. The number of pyridine rings is 1. The van der Waals surface area contributed by atoms with E-state index in [9.17, 15) is 4.79 Å². The zero-order chi connectivity index (χ0) is 7.72. The van der Waals surface area contributed by atoms with E-state index >= 15 is 0 Å². The lowest BCUT2D eigenvalue weighted by atomic mass is 10.4. The Morgan fingerprint density at radius 2 is 2.00 bits per heavy atom. The van der Waals surface area contributed by atoms with Crippen LogP contribution in [-0.4, -0.2) is 15.2 Å². The second-order valence-electron chi connectivity index (χ2n) is 1.72. The van der Waals surface area contributed by atoms with Gasteiger partial charge in [0, 0.05) is 6.07 Å². The SMILES string of the molecule is O=c1[nH]c(S)c(O)cc1O. The van der Waals surface area contributed by atoms with Crippen LogP contribution in [0.1, 0.15) is 0 Å². The average Bonchev–Trinajstić information content (AvgIpc) is 1.84. The minimum atomic E-state index is -0.664. The van der Waals surface area contributed by atoms with E-state index in [0.717, 1.165) is 6.07 Å². The fourth-order valence-electron chi connectivity index (χ4n) is 0.499. The number of rotatable bonds is 0. The molecule has 0 atom stereocenters. The zero-order valence-corrected chi connectivity index (χ0v) is 5.72. The van der Waals surface area contributed by atoms with Crippen molar-refractivity contribution in [3.8, 4) is 11.5 Å². The van der Waals surface area contributed by atoms with Gasteiger partial charge >= 0.3 is 0 Å². The molecule has 54 valence electrons. The van der Waals surface area contributed by atoms with Crippen LogP contribution in [0.3, 0.4) is 0 Å². The van der Waals surface area contributed by atoms with E-state index in [0.29, 0.717) is 0 Å². The van der Waals surface area contributed by atoms with Crippen LogP contribution in [0.15, 0.2) is 15.9 Å². The molecule has 3 N–H and O–H groups in total. The van der Waals surface area contributed by atoms with Gasteiger partial charge in [-0.3, -0.25) is 4.79 Å². The summed E-state index contributed by atoms with van der Waals surface area (Å²) in [5, 5.41) is 17.5. The van der Waals surface area contributed by atoms with Crippen molar-refractivity contribution >= 4 is 12.6 Å². The van der Waals surface area contributed by atoms with Crippen LogP contribution >= 0.6 is 12.6 Å². The first kappa shape index (κ1) is 7.01. The summed E-state index contributed by atoms with van der Waals surface area (Å²) >= 11 is 3.70. The van der Waals surface area contributed by atoms with Gasteiger partial charge in [0.05, 0.1) is 0 Å². The molecule has 1 aromatic rings. The van der Waals surface area contributed by atoms with Gasteiger partial charge in [0.2, 0.25) is 0 Å². The Hall–Kier alpha value is -1.10. The van der Waals surface area contributed by atoms with E-state index in [-0.39, 0.29) is 10.8 Å². The molecule has 0 aliphatic carbocycles. The number of H-pyrrole nitrogens is 1. The summed E-state index contributed by atoms with van der Waals surface area (Å²) in [4.78, 5) is 12.6. The Morgan fingerprint density at radius 3 is 2.50 bits per heavy atom. The first-order valence-electron chi connectivity index (χ1n) is 2.45. The smallest absolute Gasteiger partial charge is 0.291 e. The lowest BCUT2D eigenvalue weighted by Crippen LogP contribution is -2.04. The molecule has 0 aliphatic heterocycles. The van der Waals surface area contributed by atoms with Gasteiger partial charge in [-0.05, 0) is 0 Å². The third-order valence-corrected chi connectivity index (χ3v) is 1.32. The van der Waals surface area contributed by atoms with Crippen LogP contribution in [0.2, 0.25) is 0 Å². The topological polar surface area (TPSA) is 73.3 Å². The zero-order valence-electron chi connectivity index (χ0n) is 4.83. The Kier molecular flexibility index (Phi) is 1.58. The summed E-state index contributed by atoms with van der Waals surface area (Å²) in [7, 11) is 0. The molecule has 0 aromatic carbocycles. The van der Waals surface area contributed by atoms with Gasteiger partial charge in [0.25, 0.3) is 5.56 Å². The van der Waals surface area contributed by atoms with Crippen LogP contribution in [-0.2, 0) is 0 Å². The van der Waals surface area contributed by atoms with Crippen LogP contribution < -0.4 is 5.56 Å². The summed E-state index contributed by atoms with van der Waals surface area (Å²) in [5.41, 5.74) is -0.664. The van der Waals surface area contributed by atoms with Crippen molar-refractivity contribution in [2.24, 2.45) is 0 Å². The van der Waals surface area contributed by atoms with Crippen molar-refractivity contribution in [2.75, 3.05) is 0 Å².